The highest BCUT2D eigenvalue weighted by Gasteiger charge is 2.10. The fourth-order valence-corrected chi connectivity index (χ4v) is 3.12. The molecule has 4 heteroatoms. The third kappa shape index (κ3) is 5.96. The molecule has 160 valence electrons. The van der Waals surface area contributed by atoms with Gasteiger partial charge in [0.1, 0.15) is 0 Å². The van der Waals surface area contributed by atoms with Crippen molar-refractivity contribution in [2.75, 3.05) is 7.11 Å². The maximum absolute atomic E-state index is 12.3. The van der Waals surface area contributed by atoms with Crippen molar-refractivity contribution in [3.05, 3.63) is 101 Å². The summed E-state index contributed by atoms with van der Waals surface area (Å²) in [4.78, 5) is 12.3. The normalized spacial score (nSPS) is 11.4. The van der Waals surface area contributed by atoms with Crippen LogP contribution in [0.3, 0.4) is 0 Å². The molecule has 0 saturated heterocycles. The Morgan fingerprint density at radius 2 is 1.62 bits per heavy atom. The van der Waals surface area contributed by atoms with E-state index in [-0.39, 0.29) is 0 Å². The van der Waals surface area contributed by atoms with Gasteiger partial charge in [0.05, 0.1) is 18.8 Å². The average Bonchev–Trinajstić information content (AvgIpc) is 2.82. The van der Waals surface area contributed by atoms with Gasteiger partial charge in [0, 0.05) is 6.08 Å². The highest BCUT2D eigenvalue weighted by atomic mass is 16.6. The minimum absolute atomic E-state index is 0.313. The second-order valence-corrected chi connectivity index (χ2v) is 7.52. The highest BCUT2D eigenvalue weighted by molar-refractivity contribution is 5.91. The van der Waals surface area contributed by atoms with Crippen LogP contribution in [0, 0.1) is 11.3 Å². The predicted octanol–water partition coefficient (Wildman–Crippen LogP) is 6.50. The third-order valence-electron chi connectivity index (χ3n) is 4.93. The molecule has 0 aliphatic rings. The fraction of sp³-hybridized carbons (Fsp3) is 0.143. The molecule has 32 heavy (non-hydrogen) atoms. The predicted molar refractivity (Wildman–Crippen MR) is 128 cm³/mol. The number of rotatable bonds is 7. The van der Waals surface area contributed by atoms with Crippen LogP contribution in [0.2, 0.25) is 0 Å². The molecule has 0 amide bonds. The van der Waals surface area contributed by atoms with Crippen molar-refractivity contribution >= 4 is 23.7 Å². The van der Waals surface area contributed by atoms with Gasteiger partial charge in [-0.25, -0.2) is 4.79 Å². The Bertz CT molecular complexity index is 1170. The number of esters is 1. The van der Waals surface area contributed by atoms with E-state index in [2.05, 4.69) is 32.0 Å². The Hall–Kier alpha value is -4.10. The molecule has 0 atom stereocenters. The van der Waals surface area contributed by atoms with Crippen LogP contribution in [-0.2, 0) is 4.79 Å². The molecule has 0 saturated carbocycles. The number of ether oxygens (including phenoxy) is 2. The van der Waals surface area contributed by atoms with Crippen LogP contribution in [0.1, 0.15) is 42.0 Å². The summed E-state index contributed by atoms with van der Waals surface area (Å²) < 4.78 is 10.8. The first-order chi connectivity index (χ1) is 15.5. The molecule has 0 heterocycles. The molecule has 0 spiro atoms. The lowest BCUT2D eigenvalue weighted by molar-refractivity contribution is -0.129. The number of carbonyl (C=O) groups is 1. The van der Waals surface area contributed by atoms with E-state index >= 15 is 0 Å². The molecule has 0 aliphatic carbocycles. The van der Waals surface area contributed by atoms with Crippen molar-refractivity contribution in [3.63, 3.8) is 0 Å². The van der Waals surface area contributed by atoms with Gasteiger partial charge in [0.15, 0.2) is 11.5 Å². The summed E-state index contributed by atoms with van der Waals surface area (Å²) in [7, 11) is 1.51. The topological polar surface area (TPSA) is 59.3 Å². The number of hydrogen-bond donors (Lipinski definition) is 0. The largest absolute Gasteiger partial charge is 0.493 e. The second-order valence-electron chi connectivity index (χ2n) is 7.52. The second kappa shape index (κ2) is 10.8. The maximum Gasteiger partial charge on any atom is 0.336 e. The van der Waals surface area contributed by atoms with Crippen molar-refractivity contribution in [2.24, 2.45) is 0 Å². The van der Waals surface area contributed by atoms with Gasteiger partial charge in [-0.2, -0.15) is 5.26 Å². The van der Waals surface area contributed by atoms with E-state index in [1.807, 2.05) is 42.5 Å². The summed E-state index contributed by atoms with van der Waals surface area (Å²) in [5.74, 6) is 0.682. The molecule has 0 N–H and O–H groups in total. The van der Waals surface area contributed by atoms with Crippen LogP contribution in [0.5, 0.6) is 11.5 Å². The summed E-state index contributed by atoms with van der Waals surface area (Å²) in [6, 6.07) is 24.9. The van der Waals surface area contributed by atoms with Crippen molar-refractivity contribution in [2.45, 2.75) is 19.8 Å². The Labute approximate surface area is 189 Å². The standard InChI is InChI=1S/C28H25NO3/c1-20(2)23-13-9-21(10-14-23)12-16-28(30)32-26-15-11-22(18-27(26)31-3)17-25(19-29)24-7-5-4-6-8-24/h4-18,20H,1-3H3/b16-12+,25-17-. The molecular formula is C28H25NO3. The molecule has 3 aromatic rings. The molecule has 3 rings (SSSR count). The van der Waals surface area contributed by atoms with Crippen molar-refractivity contribution in [1.82, 2.24) is 0 Å². The van der Waals surface area contributed by atoms with E-state index in [9.17, 15) is 10.1 Å². The van der Waals surface area contributed by atoms with Crippen molar-refractivity contribution < 1.29 is 14.3 Å². The van der Waals surface area contributed by atoms with Gasteiger partial charge in [-0.05, 0) is 52.5 Å². The number of nitriles is 1. The molecule has 0 aliphatic heterocycles. The zero-order valence-corrected chi connectivity index (χ0v) is 18.4. The minimum Gasteiger partial charge on any atom is -0.493 e. The van der Waals surface area contributed by atoms with Gasteiger partial charge in [-0.15, -0.1) is 0 Å². The lowest BCUT2D eigenvalue weighted by Crippen LogP contribution is -2.05. The van der Waals surface area contributed by atoms with Crippen molar-refractivity contribution in [1.29, 1.82) is 5.26 Å². The van der Waals surface area contributed by atoms with Gasteiger partial charge in [-0.1, -0.05) is 74.5 Å². The zero-order chi connectivity index (χ0) is 22.9. The van der Waals surface area contributed by atoms with Crippen LogP contribution in [-0.4, -0.2) is 13.1 Å². The summed E-state index contributed by atoms with van der Waals surface area (Å²) in [6.07, 6.45) is 4.88. The lowest BCUT2D eigenvalue weighted by atomic mass is 10.0. The Morgan fingerprint density at radius 3 is 2.25 bits per heavy atom. The molecule has 3 aromatic carbocycles. The number of hydrogen-bond acceptors (Lipinski definition) is 4. The summed E-state index contributed by atoms with van der Waals surface area (Å²) >= 11 is 0. The minimum atomic E-state index is -0.499. The Morgan fingerprint density at radius 1 is 0.938 bits per heavy atom. The van der Waals surface area contributed by atoms with Gasteiger partial charge >= 0.3 is 5.97 Å². The van der Waals surface area contributed by atoms with Crippen molar-refractivity contribution in [3.8, 4) is 17.6 Å². The van der Waals surface area contributed by atoms with E-state index in [0.717, 1.165) is 16.7 Å². The smallest absolute Gasteiger partial charge is 0.336 e. The van der Waals surface area contributed by atoms with Crippen LogP contribution in [0.4, 0.5) is 0 Å². The molecule has 0 bridgehead atoms. The maximum atomic E-state index is 12.3. The number of carbonyl (C=O) groups excluding carboxylic acids is 1. The number of allylic oxidation sites excluding steroid dienone is 1. The first-order valence-corrected chi connectivity index (χ1v) is 10.3. The quantitative estimate of drug-likeness (QED) is 0.143. The average molecular weight is 424 g/mol. The van der Waals surface area contributed by atoms with Crippen LogP contribution in [0.25, 0.3) is 17.7 Å². The number of benzene rings is 3. The highest BCUT2D eigenvalue weighted by Crippen LogP contribution is 2.30. The van der Waals surface area contributed by atoms with Gasteiger partial charge in [0.25, 0.3) is 0 Å². The van der Waals surface area contributed by atoms with Crippen LogP contribution < -0.4 is 9.47 Å². The Balaban J connectivity index is 1.74. The first kappa shape index (κ1) is 22.6. The first-order valence-electron chi connectivity index (χ1n) is 10.3. The monoisotopic (exact) mass is 423 g/mol. The summed E-state index contributed by atoms with van der Waals surface area (Å²) in [5, 5.41) is 9.51. The number of methoxy groups -OCH3 is 1. The van der Waals surface area contributed by atoms with E-state index in [0.29, 0.717) is 23.0 Å². The van der Waals surface area contributed by atoms with Gasteiger partial charge in [0.2, 0.25) is 0 Å². The summed E-state index contributed by atoms with van der Waals surface area (Å²) in [6.45, 7) is 4.28. The zero-order valence-electron chi connectivity index (χ0n) is 18.4. The molecule has 0 fully saturated rings. The van der Waals surface area contributed by atoms with E-state index in [4.69, 9.17) is 9.47 Å². The van der Waals surface area contributed by atoms with Gasteiger partial charge < -0.3 is 9.47 Å². The van der Waals surface area contributed by atoms with Gasteiger partial charge in [-0.3, -0.25) is 0 Å². The molecule has 0 aromatic heterocycles. The van der Waals surface area contributed by atoms with E-state index in [1.54, 1.807) is 30.4 Å². The third-order valence-corrected chi connectivity index (χ3v) is 4.93. The Kier molecular flexibility index (Phi) is 7.61. The molecule has 4 nitrogen and oxygen atoms in total. The molecule has 0 radical (unpaired) electrons. The summed E-state index contributed by atoms with van der Waals surface area (Å²) in [5.41, 5.74) is 4.29. The molecule has 0 unspecified atom stereocenters. The SMILES string of the molecule is COc1cc(/C=C(/C#N)c2ccccc2)ccc1OC(=O)/C=C/c1ccc(C(C)C)cc1. The van der Waals surface area contributed by atoms with E-state index < -0.39 is 5.97 Å². The van der Waals surface area contributed by atoms with E-state index in [1.165, 1.54) is 18.7 Å². The lowest BCUT2D eigenvalue weighted by Gasteiger charge is -2.09. The number of nitrogens with zero attached hydrogens (tertiary/aromatic N) is 1. The molecular weight excluding hydrogens is 398 g/mol. The van der Waals surface area contributed by atoms with Crippen LogP contribution >= 0.6 is 0 Å². The van der Waals surface area contributed by atoms with Crippen LogP contribution in [0.15, 0.2) is 78.9 Å². The fourth-order valence-electron chi connectivity index (χ4n) is 3.12.